The number of aliphatic hydroxyl groups is 1. The highest BCUT2D eigenvalue weighted by atomic mass is 79.9. The van der Waals surface area contributed by atoms with Gasteiger partial charge in [-0.2, -0.15) is 0 Å². The second-order valence-corrected chi connectivity index (χ2v) is 5.97. The standard InChI is InChI=1S/C15H22BrNO/c1-3-17(13-6-4-5-7-13)15-9-8-12(11(2)18)10-14(15)16/h8-11,13,18H,3-7H2,1-2H3/t11-/m1/s1. The molecule has 0 unspecified atom stereocenters. The molecule has 0 bridgehead atoms. The quantitative estimate of drug-likeness (QED) is 0.897. The van der Waals surface area contributed by atoms with Crippen molar-refractivity contribution >= 4 is 21.6 Å². The number of aliphatic hydroxyl groups excluding tert-OH is 1. The van der Waals surface area contributed by atoms with Crippen LogP contribution in [0.2, 0.25) is 0 Å². The predicted molar refractivity (Wildman–Crippen MR) is 80.1 cm³/mol. The summed E-state index contributed by atoms with van der Waals surface area (Å²) in [6.07, 6.45) is 4.91. The Bertz CT molecular complexity index is 399. The highest BCUT2D eigenvalue weighted by molar-refractivity contribution is 9.10. The summed E-state index contributed by atoms with van der Waals surface area (Å²) in [4.78, 5) is 2.49. The van der Waals surface area contributed by atoms with Crippen LogP contribution in [0.1, 0.15) is 51.2 Å². The summed E-state index contributed by atoms with van der Waals surface area (Å²) in [6.45, 7) is 5.06. The van der Waals surface area contributed by atoms with Crippen LogP contribution in [0.15, 0.2) is 22.7 Å². The molecule has 1 N–H and O–H groups in total. The van der Waals surface area contributed by atoms with Crippen molar-refractivity contribution < 1.29 is 5.11 Å². The third kappa shape index (κ3) is 2.89. The Balaban J connectivity index is 2.25. The van der Waals surface area contributed by atoms with E-state index in [0.29, 0.717) is 6.04 Å². The molecular formula is C15H22BrNO. The maximum absolute atomic E-state index is 9.61. The summed E-state index contributed by atoms with van der Waals surface area (Å²) in [5.41, 5.74) is 2.22. The van der Waals surface area contributed by atoms with Gasteiger partial charge >= 0.3 is 0 Å². The molecule has 0 aliphatic heterocycles. The third-order valence-electron chi connectivity index (χ3n) is 3.87. The van der Waals surface area contributed by atoms with Crippen LogP contribution >= 0.6 is 15.9 Å². The molecular weight excluding hydrogens is 290 g/mol. The molecule has 1 fully saturated rings. The molecule has 18 heavy (non-hydrogen) atoms. The van der Waals surface area contributed by atoms with Gasteiger partial charge in [0, 0.05) is 17.1 Å². The summed E-state index contributed by atoms with van der Waals surface area (Å²) in [7, 11) is 0. The zero-order valence-corrected chi connectivity index (χ0v) is 12.8. The van der Waals surface area contributed by atoms with Gasteiger partial charge in [0.1, 0.15) is 0 Å². The third-order valence-corrected chi connectivity index (χ3v) is 4.50. The lowest BCUT2D eigenvalue weighted by molar-refractivity contribution is 0.199. The fourth-order valence-electron chi connectivity index (χ4n) is 2.86. The van der Waals surface area contributed by atoms with Gasteiger partial charge in [0.05, 0.1) is 11.8 Å². The fourth-order valence-corrected chi connectivity index (χ4v) is 3.48. The molecule has 1 aliphatic carbocycles. The Morgan fingerprint density at radius 3 is 2.56 bits per heavy atom. The van der Waals surface area contributed by atoms with Crippen LogP contribution in [0.25, 0.3) is 0 Å². The number of benzene rings is 1. The average Bonchev–Trinajstić information content (AvgIpc) is 2.85. The molecule has 0 saturated heterocycles. The van der Waals surface area contributed by atoms with Crippen LogP contribution in [-0.4, -0.2) is 17.7 Å². The van der Waals surface area contributed by atoms with E-state index >= 15 is 0 Å². The van der Waals surface area contributed by atoms with Gasteiger partial charge in [0.15, 0.2) is 0 Å². The molecule has 0 heterocycles. The van der Waals surface area contributed by atoms with Crippen molar-refractivity contribution in [1.82, 2.24) is 0 Å². The lowest BCUT2D eigenvalue weighted by Crippen LogP contribution is -2.33. The van der Waals surface area contributed by atoms with Crippen LogP contribution in [0, 0.1) is 0 Å². The SMILES string of the molecule is CCN(c1ccc([C@@H](C)O)cc1Br)C1CCCC1. The fraction of sp³-hybridized carbons (Fsp3) is 0.600. The van der Waals surface area contributed by atoms with E-state index in [4.69, 9.17) is 0 Å². The molecule has 0 radical (unpaired) electrons. The molecule has 1 saturated carbocycles. The van der Waals surface area contributed by atoms with Crippen molar-refractivity contribution in [2.24, 2.45) is 0 Å². The van der Waals surface area contributed by atoms with Crippen molar-refractivity contribution in [1.29, 1.82) is 0 Å². The second kappa shape index (κ2) is 6.07. The molecule has 100 valence electrons. The molecule has 0 spiro atoms. The van der Waals surface area contributed by atoms with E-state index in [1.165, 1.54) is 31.4 Å². The highest BCUT2D eigenvalue weighted by Crippen LogP contribution is 2.34. The first-order chi connectivity index (χ1) is 8.63. The summed E-state index contributed by atoms with van der Waals surface area (Å²) in [5.74, 6) is 0. The van der Waals surface area contributed by atoms with Gasteiger partial charge in [-0.1, -0.05) is 18.9 Å². The predicted octanol–water partition coefficient (Wildman–Crippen LogP) is 4.27. The van der Waals surface area contributed by atoms with Crippen LogP contribution in [-0.2, 0) is 0 Å². The van der Waals surface area contributed by atoms with E-state index in [1.807, 2.05) is 12.1 Å². The minimum absolute atomic E-state index is 0.406. The number of rotatable bonds is 4. The minimum Gasteiger partial charge on any atom is -0.389 e. The van der Waals surface area contributed by atoms with E-state index in [2.05, 4.69) is 33.8 Å². The van der Waals surface area contributed by atoms with Gasteiger partial charge in [-0.25, -0.2) is 0 Å². The normalized spacial score (nSPS) is 18.0. The Labute approximate surface area is 118 Å². The molecule has 1 aliphatic rings. The van der Waals surface area contributed by atoms with Crippen molar-refractivity contribution in [2.45, 2.75) is 51.7 Å². The summed E-state index contributed by atoms with van der Waals surface area (Å²) in [5, 5.41) is 9.61. The van der Waals surface area contributed by atoms with Gasteiger partial charge in [-0.05, 0) is 60.3 Å². The highest BCUT2D eigenvalue weighted by Gasteiger charge is 2.23. The molecule has 0 amide bonds. The zero-order valence-electron chi connectivity index (χ0n) is 11.2. The zero-order chi connectivity index (χ0) is 13.1. The minimum atomic E-state index is -0.406. The number of anilines is 1. The van der Waals surface area contributed by atoms with Crippen molar-refractivity contribution in [3.8, 4) is 0 Å². The number of halogens is 1. The Kier molecular flexibility index (Phi) is 4.68. The van der Waals surface area contributed by atoms with Crippen molar-refractivity contribution in [2.75, 3.05) is 11.4 Å². The summed E-state index contributed by atoms with van der Waals surface area (Å²) in [6, 6.07) is 6.89. The molecule has 1 aromatic rings. The summed E-state index contributed by atoms with van der Waals surface area (Å²) < 4.78 is 1.09. The number of nitrogens with zero attached hydrogens (tertiary/aromatic N) is 1. The number of hydrogen-bond acceptors (Lipinski definition) is 2. The molecule has 3 heteroatoms. The average molecular weight is 312 g/mol. The lowest BCUT2D eigenvalue weighted by atomic mass is 10.1. The molecule has 2 rings (SSSR count). The molecule has 1 aromatic carbocycles. The van der Waals surface area contributed by atoms with E-state index < -0.39 is 6.10 Å². The van der Waals surface area contributed by atoms with Crippen molar-refractivity contribution in [3.05, 3.63) is 28.2 Å². The van der Waals surface area contributed by atoms with Gasteiger partial charge in [-0.3, -0.25) is 0 Å². The van der Waals surface area contributed by atoms with Crippen molar-refractivity contribution in [3.63, 3.8) is 0 Å². The number of hydrogen-bond donors (Lipinski definition) is 1. The Morgan fingerprint density at radius 2 is 2.06 bits per heavy atom. The van der Waals surface area contributed by atoms with Gasteiger partial charge in [0.25, 0.3) is 0 Å². The van der Waals surface area contributed by atoms with E-state index in [-0.39, 0.29) is 0 Å². The smallest absolute Gasteiger partial charge is 0.0762 e. The van der Waals surface area contributed by atoms with Gasteiger partial charge < -0.3 is 10.0 Å². The van der Waals surface area contributed by atoms with E-state index in [0.717, 1.165) is 16.6 Å². The molecule has 2 nitrogen and oxygen atoms in total. The first-order valence-corrected chi connectivity index (χ1v) is 7.67. The first kappa shape index (κ1) is 13.9. The van der Waals surface area contributed by atoms with E-state index in [1.54, 1.807) is 6.92 Å². The topological polar surface area (TPSA) is 23.5 Å². The van der Waals surface area contributed by atoms with Crippen LogP contribution in [0.4, 0.5) is 5.69 Å². The van der Waals surface area contributed by atoms with Gasteiger partial charge in [-0.15, -0.1) is 0 Å². The van der Waals surface area contributed by atoms with Gasteiger partial charge in [0.2, 0.25) is 0 Å². The Hall–Kier alpha value is -0.540. The van der Waals surface area contributed by atoms with Crippen LogP contribution in [0.5, 0.6) is 0 Å². The largest absolute Gasteiger partial charge is 0.389 e. The maximum Gasteiger partial charge on any atom is 0.0762 e. The van der Waals surface area contributed by atoms with E-state index in [9.17, 15) is 5.11 Å². The second-order valence-electron chi connectivity index (χ2n) is 5.11. The van der Waals surface area contributed by atoms with Crippen LogP contribution in [0.3, 0.4) is 0 Å². The first-order valence-electron chi connectivity index (χ1n) is 6.87. The summed E-state index contributed by atoms with van der Waals surface area (Å²) >= 11 is 3.65. The van der Waals surface area contributed by atoms with Crippen LogP contribution < -0.4 is 4.90 Å². The molecule has 0 aromatic heterocycles. The monoisotopic (exact) mass is 311 g/mol. The molecule has 1 atom stereocenters. The maximum atomic E-state index is 9.61. The Morgan fingerprint density at radius 1 is 1.39 bits per heavy atom. The lowest BCUT2D eigenvalue weighted by Gasteiger charge is -2.31.